The van der Waals surface area contributed by atoms with E-state index in [1.807, 2.05) is 0 Å². The van der Waals surface area contributed by atoms with Crippen LogP contribution in [0.15, 0.2) is 30.6 Å². The van der Waals surface area contributed by atoms with Crippen molar-refractivity contribution in [3.05, 3.63) is 47.5 Å². The SMILES string of the molecule is COc1cc(OC)c(C(N)c2cncc(F)c2)cc1OC. The number of pyridine rings is 1. The second-order valence-electron chi connectivity index (χ2n) is 4.36. The molecule has 6 heteroatoms. The zero-order chi connectivity index (χ0) is 15.4. The summed E-state index contributed by atoms with van der Waals surface area (Å²) in [4.78, 5) is 3.81. The lowest BCUT2D eigenvalue weighted by molar-refractivity contribution is 0.347. The summed E-state index contributed by atoms with van der Waals surface area (Å²) in [6.45, 7) is 0. The highest BCUT2D eigenvalue weighted by molar-refractivity contribution is 5.53. The molecule has 21 heavy (non-hydrogen) atoms. The number of nitrogens with zero attached hydrogens (tertiary/aromatic N) is 1. The lowest BCUT2D eigenvalue weighted by Crippen LogP contribution is -2.14. The summed E-state index contributed by atoms with van der Waals surface area (Å²) in [6, 6.07) is 4.14. The van der Waals surface area contributed by atoms with Gasteiger partial charge in [-0.05, 0) is 17.7 Å². The Hall–Kier alpha value is -2.34. The lowest BCUT2D eigenvalue weighted by Gasteiger charge is -2.18. The third kappa shape index (κ3) is 3.05. The molecule has 0 amide bonds. The molecule has 0 spiro atoms. The molecule has 0 radical (unpaired) electrons. The highest BCUT2D eigenvalue weighted by Crippen LogP contribution is 2.38. The molecule has 2 aromatic rings. The number of aromatic nitrogens is 1. The van der Waals surface area contributed by atoms with Gasteiger partial charge in [-0.1, -0.05) is 0 Å². The van der Waals surface area contributed by atoms with Gasteiger partial charge in [-0.3, -0.25) is 4.98 Å². The van der Waals surface area contributed by atoms with Gasteiger partial charge in [0.1, 0.15) is 11.6 Å². The van der Waals surface area contributed by atoms with E-state index in [1.54, 1.807) is 12.1 Å². The summed E-state index contributed by atoms with van der Waals surface area (Å²) in [5, 5.41) is 0. The molecule has 0 fully saturated rings. The van der Waals surface area contributed by atoms with Crippen LogP contribution < -0.4 is 19.9 Å². The minimum atomic E-state index is -0.594. The van der Waals surface area contributed by atoms with Crippen molar-refractivity contribution in [2.45, 2.75) is 6.04 Å². The quantitative estimate of drug-likeness (QED) is 0.916. The first-order valence-corrected chi connectivity index (χ1v) is 6.26. The molecule has 2 N–H and O–H groups in total. The van der Waals surface area contributed by atoms with Crippen LogP contribution in [0.25, 0.3) is 0 Å². The van der Waals surface area contributed by atoms with Gasteiger partial charge >= 0.3 is 0 Å². The summed E-state index contributed by atoms with van der Waals surface area (Å²) < 4.78 is 29.1. The molecule has 1 unspecified atom stereocenters. The van der Waals surface area contributed by atoms with Gasteiger partial charge < -0.3 is 19.9 Å². The van der Waals surface area contributed by atoms with Gasteiger partial charge in [-0.25, -0.2) is 4.39 Å². The molecule has 0 saturated heterocycles. The molecule has 5 nitrogen and oxygen atoms in total. The number of hydrogen-bond acceptors (Lipinski definition) is 5. The predicted octanol–water partition coefficient (Wildman–Crippen LogP) is 2.29. The van der Waals surface area contributed by atoms with Crippen LogP contribution in [0.5, 0.6) is 17.2 Å². The van der Waals surface area contributed by atoms with Crippen molar-refractivity contribution >= 4 is 0 Å². The zero-order valence-corrected chi connectivity index (χ0v) is 12.1. The van der Waals surface area contributed by atoms with Crippen molar-refractivity contribution in [3.8, 4) is 17.2 Å². The number of halogens is 1. The number of methoxy groups -OCH3 is 3. The molecular formula is C15H17FN2O3. The fraction of sp³-hybridized carbons (Fsp3) is 0.267. The molecule has 1 heterocycles. The normalized spacial score (nSPS) is 11.9. The second-order valence-corrected chi connectivity index (χ2v) is 4.36. The summed E-state index contributed by atoms with van der Waals surface area (Å²) in [5.74, 6) is 1.14. The first-order valence-electron chi connectivity index (χ1n) is 6.26. The molecular weight excluding hydrogens is 275 g/mol. The second kappa shape index (κ2) is 6.41. The van der Waals surface area contributed by atoms with Crippen LogP contribution in [0.3, 0.4) is 0 Å². The van der Waals surface area contributed by atoms with E-state index in [0.717, 1.165) is 6.20 Å². The highest BCUT2D eigenvalue weighted by atomic mass is 19.1. The number of rotatable bonds is 5. The van der Waals surface area contributed by atoms with E-state index in [-0.39, 0.29) is 0 Å². The topological polar surface area (TPSA) is 66.6 Å². The molecule has 1 aromatic heterocycles. The van der Waals surface area contributed by atoms with Crippen molar-refractivity contribution in [2.75, 3.05) is 21.3 Å². The Morgan fingerprint density at radius 1 is 0.952 bits per heavy atom. The molecule has 1 atom stereocenters. The Morgan fingerprint density at radius 3 is 2.14 bits per heavy atom. The van der Waals surface area contributed by atoms with Gasteiger partial charge in [0.2, 0.25) is 0 Å². The van der Waals surface area contributed by atoms with Crippen molar-refractivity contribution in [2.24, 2.45) is 5.73 Å². The maximum absolute atomic E-state index is 13.3. The van der Waals surface area contributed by atoms with Crippen LogP contribution in [-0.4, -0.2) is 26.3 Å². The van der Waals surface area contributed by atoms with E-state index in [4.69, 9.17) is 19.9 Å². The number of ether oxygens (including phenoxy) is 3. The predicted molar refractivity (Wildman–Crippen MR) is 76.3 cm³/mol. The van der Waals surface area contributed by atoms with Gasteiger partial charge in [0, 0.05) is 17.8 Å². The smallest absolute Gasteiger partial charge is 0.164 e. The van der Waals surface area contributed by atoms with E-state index in [2.05, 4.69) is 4.98 Å². The maximum atomic E-state index is 13.3. The Balaban J connectivity index is 2.51. The van der Waals surface area contributed by atoms with Gasteiger partial charge in [0.25, 0.3) is 0 Å². The summed E-state index contributed by atoms with van der Waals surface area (Å²) in [6.07, 6.45) is 2.64. The van der Waals surface area contributed by atoms with E-state index in [9.17, 15) is 4.39 Å². The van der Waals surface area contributed by atoms with Crippen molar-refractivity contribution < 1.29 is 18.6 Å². The fourth-order valence-corrected chi connectivity index (χ4v) is 2.07. The summed E-state index contributed by atoms with van der Waals surface area (Å²) >= 11 is 0. The Morgan fingerprint density at radius 2 is 1.57 bits per heavy atom. The molecule has 2 rings (SSSR count). The van der Waals surface area contributed by atoms with Gasteiger partial charge in [-0.2, -0.15) is 0 Å². The average molecular weight is 292 g/mol. The minimum Gasteiger partial charge on any atom is -0.496 e. The molecule has 112 valence electrons. The van der Waals surface area contributed by atoms with E-state index < -0.39 is 11.9 Å². The van der Waals surface area contributed by atoms with E-state index in [0.29, 0.717) is 28.4 Å². The number of benzene rings is 1. The molecule has 1 aromatic carbocycles. The van der Waals surface area contributed by atoms with Crippen LogP contribution in [0.1, 0.15) is 17.2 Å². The first-order chi connectivity index (χ1) is 10.1. The number of hydrogen-bond donors (Lipinski definition) is 1. The van der Waals surface area contributed by atoms with Gasteiger partial charge in [-0.15, -0.1) is 0 Å². The van der Waals surface area contributed by atoms with Crippen LogP contribution in [-0.2, 0) is 0 Å². The fourth-order valence-electron chi connectivity index (χ4n) is 2.07. The third-order valence-electron chi connectivity index (χ3n) is 3.16. The van der Waals surface area contributed by atoms with Crippen molar-refractivity contribution in [3.63, 3.8) is 0 Å². The molecule has 0 bridgehead atoms. The van der Waals surface area contributed by atoms with Gasteiger partial charge in [0.05, 0.1) is 33.6 Å². The molecule has 0 saturated carbocycles. The van der Waals surface area contributed by atoms with Crippen molar-refractivity contribution in [1.29, 1.82) is 0 Å². The van der Waals surface area contributed by atoms with Crippen LogP contribution in [0, 0.1) is 5.82 Å². The van der Waals surface area contributed by atoms with E-state index >= 15 is 0 Å². The molecule has 0 aliphatic rings. The summed E-state index contributed by atoms with van der Waals surface area (Å²) in [7, 11) is 4.60. The van der Waals surface area contributed by atoms with Crippen LogP contribution in [0.2, 0.25) is 0 Å². The monoisotopic (exact) mass is 292 g/mol. The van der Waals surface area contributed by atoms with E-state index in [1.165, 1.54) is 33.6 Å². The number of nitrogens with two attached hydrogens (primary N) is 1. The van der Waals surface area contributed by atoms with Crippen LogP contribution >= 0.6 is 0 Å². The third-order valence-corrected chi connectivity index (χ3v) is 3.16. The van der Waals surface area contributed by atoms with Gasteiger partial charge in [0.15, 0.2) is 11.5 Å². The Labute approximate surface area is 122 Å². The zero-order valence-electron chi connectivity index (χ0n) is 12.1. The molecule has 0 aliphatic heterocycles. The first kappa shape index (κ1) is 15.1. The molecule has 0 aliphatic carbocycles. The Bertz CT molecular complexity index is 634. The standard InChI is InChI=1S/C15H17FN2O3/c1-19-12-6-14(21-3)13(20-2)5-11(12)15(17)9-4-10(16)8-18-7-9/h4-8,15H,17H2,1-3H3. The Kier molecular flexibility index (Phi) is 4.59. The largest absolute Gasteiger partial charge is 0.496 e. The summed E-state index contributed by atoms with van der Waals surface area (Å²) in [5.41, 5.74) is 7.39. The van der Waals surface area contributed by atoms with Crippen molar-refractivity contribution in [1.82, 2.24) is 4.98 Å². The average Bonchev–Trinajstić information content (AvgIpc) is 2.52. The maximum Gasteiger partial charge on any atom is 0.164 e. The van der Waals surface area contributed by atoms with Crippen LogP contribution in [0.4, 0.5) is 4.39 Å². The minimum absolute atomic E-state index is 0.442. The highest BCUT2D eigenvalue weighted by Gasteiger charge is 2.19. The lowest BCUT2D eigenvalue weighted by atomic mass is 9.99.